The van der Waals surface area contributed by atoms with E-state index >= 15 is 0 Å². The molecular weight excluding hydrogens is 400 g/mol. The highest BCUT2D eigenvalue weighted by Crippen LogP contribution is 2.35. The molecule has 2 aromatic heterocycles. The van der Waals surface area contributed by atoms with Crippen LogP contribution in [0.4, 0.5) is 0 Å². The van der Waals surface area contributed by atoms with Crippen molar-refractivity contribution in [2.75, 3.05) is 0 Å². The molecule has 4 aromatic carbocycles. The summed E-state index contributed by atoms with van der Waals surface area (Å²) in [5.74, 6) is 0. The Labute approximate surface area is 192 Å². The molecule has 6 aromatic rings. The average Bonchev–Trinajstić information content (AvgIpc) is 3.25. The standard InChI is InChI=1S/C31H22N2/c1-2-13-24-25-14-4-7-18-29(25)32(28(24)17-3-1)22-11-10-12-23(21-22)33-30-19-8-5-15-26(30)27-16-6-9-20-31(27)33/h1-12,14-21H,13H2. The van der Waals surface area contributed by atoms with E-state index in [0.29, 0.717) is 0 Å². The molecule has 0 spiro atoms. The van der Waals surface area contributed by atoms with Crippen LogP contribution in [-0.4, -0.2) is 9.13 Å². The Bertz CT molecular complexity index is 1690. The molecule has 2 heteroatoms. The summed E-state index contributed by atoms with van der Waals surface area (Å²) in [5.41, 5.74) is 8.72. The van der Waals surface area contributed by atoms with Crippen LogP contribution in [0.25, 0.3) is 50.2 Å². The Morgan fingerprint density at radius 3 is 1.79 bits per heavy atom. The summed E-state index contributed by atoms with van der Waals surface area (Å²) >= 11 is 0. The normalized spacial score (nSPS) is 13.1. The lowest BCUT2D eigenvalue weighted by Gasteiger charge is -2.13. The fraction of sp³-hybridized carbons (Fsp3) is 0.0323. The lowest BCUT2D eigenvalue weighted by molar-refractivity contribution is 1.07. The number of aromatic nitrogens is 2. The van der Waals surface area contributed by atoms with Crippen LogP contribution in [0.1, 0.15) is 11.3 Å². The van der Waals surface area contributed by atoms with Crippen molar-refractivity contribution in [3.05, 3.63) is 127 Å². The summed E-state index contributed by atoms with van der Waals surface area (Å²) in [5, 5.41) is 3.89. The van der Waals surface area contributed by atoms with Crippen molar-refractivity contribution in [2.24, 2.45) is 0 Å². The first-order valence-electron chi connectivity index (χ1n) is 11.4. The van der Waals surface area contributed by atoms with Crippen molar-refractivity contribution >= 4 is 38.8 Å². The number of fused-ring (bicyclic) bond motifs is 6. The fourth-order valence-corrected chi connectivity index (χ4v) is 5.38. The van der Waals surface area contributed by atoms with Crippen LogP contribution >= 0.6 is 0 Å². The molecule has 2 heterocycles. The van der Waals surface area contributed by atoms with Crippen molar-refractivity contribution < 1.29 is 0 Å². The first-order valence-corrected chi connectivity index (χ1v) is 11.4. The minimum absolute atomic E-state index is 0.947. The molecule has 1 aliphatic carbocycles. The van der Waals surface area contributed by atoms with Crippen LogP contribution in [0, 0.1) is 0 Å². The SMILES string of the molecule is C1=CCc2c(n(-c3cccc(-n4c5ccccc5c5ccccc54)c3)c3ccccc23)C=C1. The van der Waals surface area contributed by atoms with Crippen LogP contribution < -0.4 is 0 Å². The Kier molecular flexibility index (Phi) is 3.94. The number of hydrogen-bond donors (Lipinski definition) is 0. The van der Waals surface area contributed by atoms with Crippen LogP contribution in [0.2, 0.25) is 0 Å². The summed E-state index contributed by atoms with van der Waals surface area (Å²) in [4.78, 5) is 0. The number of para-hydroxylation sites is 3. The minimum Gasteiger partial charge on any atom is -0.309 e. The van der Waals surface area contributed by atoms with Gasteiger partial charge < -0.3 is 9.13 Å². The fourth-order valence-electron chi connectivity index (χ4n) is 5.38. The maximum absolute atomic E-state index is 2.41. The summed E-state index contributed by atoms with van der Waals surface area (Å²) in [6.07, 6.45) is 9.73. The van der Waals surface area contributed by atoms with Gasteiger partial charge in [-0.2, -0.15) is 0 Å². The van der Waals surface area contributed by atoms with E-state index in [1.807, 2.05) is 0 Å². The number of nitrogens with zero attached hydrogens (tertiary/aromatic N) is 2. The quantitative estimate of drug-likeness (QED) is 0.269. The molecule has 2 nitrogen and oxygen atoms in total. The van der Waals surface area contributed by atoms with Crippen molar-refractivity contribution in [2.45, 2.75) is 6.42 Å². The van der Waals surface area contributed by atoms with Gasteiger partial charge in [0.25, 0.3) is 0 Å². The van der Waals surface area contributed by atoms with Gasteiger partial charge in [0.1, 0.15) is 0 Å². The largest absolute Gasteiger partial charge is 0.309 e. The van der Waals surface area contributed by atoms with Gasteiger partial charge in [-0.05, 0) is 54.5 Å². The summed E-state index contributed by atoms with van der Waals surface area (Å²) in [6, 6.07) is 35.0. The smallest absolute Gasteiger partial charge is 0.0541 e. The molecule has 1 aliphatic rings. The van der Waals surface area contributed by atoms with Crippen molar-refractivity contribution in [3.63, 3.8) is 0 Å². The number of hydrogen-bond acceptors (Lipinski definition) is 0. The molecule has 0 atom stereocenters. The van der Waals surface area contributed by atoms with E-state index in [4.69, 9.17) is 0 Å². The van der Waals surface area contributed by atoms with E-state index in [0.717, 1.165) is 6.42 Å². The molecule has 0 fully saturated rings. The molecule has 0 saturated heterocycles. The molecule has 156 valence electrons. The lowest BCUT2D eigenvalue weighted by atomic mass is 10.1. The van der Waals surface area contributed by atoms with Gasteiger partial charge in [0.15, 0.2) is 0 Å². The first kappa shape index (κ1) is 18.3. The van der Waals surface area contributed by atoms with Gasteiger partial charge in [-0.25, -0.2) is 0 Å². The van der Waals surface area contributed by atoms with Crippen molar-refractivity contribution in [1.29, 1.82) is 0 Å². The Morgan fingerprint density at radius 2 is 1.09 bits per heavy atom. The highest BCUT2D eigenvalue weighted by Gasteiger charge is 2.17. The topological polar surface area (TPSA) is 9.86 Å². The Balaban J connectivity index is 1.52. The third kappa shape index (κ3) is 2.68. The van der Waals surface area contributed by atoms with Crippen LogP contribution in [0.3, 0.4) is 0 Å². The van der Waals surface area contributed by atoms with Gasteiger partial charge in [-0.15, -0.1) is 0 Å². The molecule has 0 bridgehead atoms. The number of allylic oxidation sites excluding steroid dienone is 3. The maximum atomic E-state index is 2.41. The highest BCUT2D eigenvalue weighted by molar-refractivity contribution is 6.09. The Morgan fingerprint density at radius 1 is 0.515 bits per heavy atom. The predicted molar refractivity (Wildman–Crippen MR) is 139 cm³/mol. The van der Waals surface area contributed by atoms with Gasteiger partial charge in [0.05, 0.1) is 22.2 Å². The molecule has 33 heavy (non-hydrogen) atoms. The van der Waals surface area contributed by atoms with E-state index in [1.165, 1.54) is 55.3 Å². The zero-order valence-electron chi connectivity index (χ0n) is 18.1. The van der Waals surface area contributed by atoms with E-state index in [1.54, 1.807) is 0 Å². The van der Waals surface area contributed by atoms with Gasteiger partial charge in [-0.1, -0.05) is 78.9 Å². The minimum atomic E-state index is 0.947. The van der Waals surface area contributed by atoms with E-state index in [9.17, 15) is 0 Å². The summed E-state index contributed by atoms with van der Waals surface area (Å²) in [6.45, 7) is 0. The number of rotatable bonds is 2. The zero-order valence-corrected chi connectivity index (χ0v) is 18.1. The predicted octanol–water partition coefficient (Wildman–Crippen LogP) is 7.85. The lowest BCUT2D eigenvalue weighted by Crippen LogP contribution is -2.00. The van der Waals surface area contributed by atoms with E-state index < -0.39 is 0 Å². The summed E-state index contributed by atoms with van der Waals surface area (Å²) in [7, 11) is 0. The molecule has 0 amide bonds. The molecule has 0 unspecified atom stereocenters. The molecular formula is C31H22N2. The van der Waals surface area contributed by atoms with Crippen LogP contribution in [0.15, 0.2) is 115 Å². The second-order valence-corrected chi connectivity index (χ2v) is 8.60. The monoisotopic (exact) mass is 422 g/mol. The summed E-state index contributed by atoms with van der Waals surface area (Å²) < 4.78 is 4.79. The van der Waals surface area contributed by atoms with Gasteiger partial charge in [0.2, 0.25) is 0 Å². The molecule has 7 rings (SSSR count). The van der Waals surface area contributed by atoms with Gasteiger partial charge >= 0.3 is 0 Å². The molecule has 0 aliphatic heterocycles. The zero-order chi connectivity index (χ0) is 21.8. The molecule has 0 saturated carbocycles. The maximum Gasteiger partial charge on any atom is 0.0541 e. The second-order valence-electron chi connectivity index (χ2n) is 8.60. The second kappa shape index (κ2) is 7.11. The van der Waals surface area contributed by atoms with Gasteiger partial charge in [-0.3, -0.25) is 0 Å². The van der Waals surface area contributed by atoms with E-state index in [2.05, 4.69) is 131 Å². The van der Waals surface area contributed by atoms with Crippen molar-refractivity contribution in [1.82, 2.24) is 9.13 Å². The van der Waals surface area contributed by atoms with Crippen LogP contribution in [-0.2, 0) is 6.42 Å². The van der Waals surface area contributed by atoms with E-state index in [-0.39, 0.29) is 0 Å². The Hall–Kier alpha value is -4.30. The average molecular weight is 423 g/mol. The number of benzene rings is 4. The van der Waals surface area contributed by atoms with Gasteiger partial charge in [0, 0.05) is 27.5 Å². The van der Waals surface area contributed by atoms with Crippen LogP contribution in [0.5, 0.6) is 0 Å². The van der Waals surface area contributed by atoms with Crippen molar-refractivity contribution in [3.8, 4) is 11.4 Å². The molecule has 0 N–H and O–H groups in total. The highest BCUT2D eigenvalue weighted by atomic mass is 15.0. The molecule has 0 radical (unpaired) electrons. The third-order valence-electron chi connectivity index (χ3n) is 6.77. The first-order chi connectivity index (χ1) is 16.4. The third-order valence-corrected chi connectivity index (χ3v) is 6.77.